The monoisotopic (exact) mass is 911 g/mol. The van der Waals surface area contributed by atoms with E-state index >= 15 is 0 Å². The van der Waals surface area contributed by atoms with Crippen molar-refractivity contribution in [2.75, 3.05) is 25.0 Å². The van der Waals surface area contributed by atoms with E-state index < -0.39 is 32.6 Å². The maximum absolute atomic E-state index is 14.5. The SMILES string of the molecule is COc1ncc(-c2cc(OCCCCNC(=O)C[C@@H]3N=C(c4ccc(Cl)cc4)c4c(sc(C)c4C)-n4c(C)nnc43)c3ncnc(C)c3c2)cc1NS(=O)(=O)c1ccc(F)cc1F. The summed E-state index contributed by atoms with van der Waals surface area (Å²) in [6, 6.07) is 14.2. The molecular formula is C44H40ClF2N9O5S2. The zero-order chi connectivity index (χ0) is 44.6. The van der Waals surface area contributed by atoms with Crippen molar-refractivity contribution in [1.82, 2.24) is 35.0 Å². The predicted molar refractivity (Wildman–Crippen MR) is 237 cm³/mol. The largest absolute Gasteiger partial charge is 0.491 e. The van der Waals surface area contributed by atoms with Crippen LogP contribution in [0.4, 0.5) is 14.5 Å². The summed E-state index contributed by atoms with van der Waals surface area (Å²) >= 11 is 7.89. The molecule has 0 saturated heterocycles. The van der Waals surface area contributed by atoms with Gasteiger partial charge in [0.1, 0.15) is 56.7 Å². The summed E-state index contributed by atoms with van der Waals surface area (Å²) in [4.78, 5) is 32.2. The number of aliphatic imine (C=N–C) groups is 1. The van der Waals surface area contributed by atoms with E-state index in [1.165, 1.54) is 25.7 Å². The Morgan fingerprint density at radius 2 is 1.73 bits per heavy atom. The number of hydrogen-bond acceptors (Lipinski definition) is 12. The van der Waals surface area contributed by atoms with E-state index in [1.54, 1.807) is 17.4 Å². The minimum absolute atomic E-state index is 0.0586. The van der Waals surface area contributed by atoms with Gasteiger partial charge in [0.15, 0.2) is 5.82 Å². The number of nitrogens with one attached hydrogen (secondary N) is 2. The molecule has 0 unspecified atom stereocenters. The number of fused-ring (bicyclic) bond motifs is 4. The number of unbranched alkanes of at least 4 members (excludes halogenated alkanes) is 1. The molecule has 1 aliphatic heterocycles. The molecular weight excluding hydrogens is 872 g/mol. The summed E-state index contributed by atoms with van der Waals surface area (Å²) in [6.07, 6.45) is 4.18. The van der Waals surface area contributed by atoms with Gasteiger partial charge >= 0.3 is 0 Å². The molecule has 8 rings (SSSR count). The van der Waals surface area contributed by atoms with Crippen LogP contribution in [-0.2, 0) is 14.8 Å². The van der Waals surface area contributed by atoms with Crippen molar-refractivity contribution >= 4 is 61.2 Å². The van der Waals surface area contributed by atoms with E-state index in [9.17, 15) is 22.0 Å². The fourth-order valence-corrected chi connectivity index (χ4v) is 9.74. The van der Waals surface area contributed by atoms with Crippen molar-refractivity contribution in [3.05, 3.63) is 129 Å². The number of carbonyl (C=O) groups excluding carboxylic acids is 1. The molecule has 0 aliphatic carbocycles. The first-order chi connectivity index (χ1) is 30.2. The van der Waals surface area contributed by atoms with Crippen molar-refractivity contribution in [3.63, 3.8) is 0 Å². The van der Waals surface area contributed by atoms with Crippen molar-refractivity contribution in [3.8, 4) is 27.8 Å². The Morgan fingerprint density at radius 3 is 2.49 bits per heavy atom. The number of pyridine rings is 1. The highest BCUT2D eigenvalue weighted by Gasteiger charge is 2.32. The number of aromatic nitrogens is 6. The fourth-order valence-electron chi connectivity index (χ4n) is 7.29. The maximum Gasteiger partial charge on any atom is 0.264 e. The van der Waals surface area contributed by atoms with Gasteiger partial charge in [0.05, 0.1) is 25.8 Å². The Balaban J connectivity index is 0.953. The van der Waals surface area contributed by atoms with E-state index in [2.05, 4.69) is 49.0 Å². The smallest absolute Gasteiger partial charge is 0.264 e. The molecule has 0 saturated carbocycles. The molecule has 1 aliphatic rings. The van der Waals surface area contributed by atoms with Gasteiger partial charge in [0, 0.05) is 56.5 Å². The van der Waals surface area contributed by atoms with Crippen LogP contribution in [0, 0.1) is 39.3 Å². The average Bonchev–Trinajstić information content (AvgIpc) is 3.73. The number of amides is 1. The van der Waals surface area contributed by atoms with Crippen LogP contribution in [0.15, 0.2) is 83.1 Å². The molecule has 324 valence electrons. The Hall–Kier alpha value is -6.37. The molecule has 4 aromatic heterocycles. The third-order valence-electron chi connectivity index (χ3n) is 10.6. The van der Waals surface area contributed by atoms with Crippen molar-refractivity contribution in [1.29, 1.82) is 0 Å². The minimum Gasteiger partial charge on any atom is -0.491 e. The lowest BCUT2D eigenvalue weighted by molar-refractivity contribution is -0.121. The first kappa shape index (κ1) is 43.3. The van der Waals surface area contributed by atoms with Gasteiger partial charge in [-0.3, -0.25) is 19.1 Å². The summed E-state index contributed by atoms with van der Waals surface area (Å²) in [6.45, 7) is 8.55. The Morgan fingerprint density at radius 1 is 0.937 bits per heavy atom. The molecule has 0 radical (unpaired) electrons. The molecule has 2 N–H and O–H groups in total. The second kappa shape index (κ2) is 17.8. The van der Waals surface area contributed by atoms with Gasteiger partial charge in [-0.1, -0.05) is 23.7 Å². The molecule has 0 bridgehead atoms. The number of anilines is 1. The number of aryl methyl sites for hydroxylation is 3. The third-order valence-corrected chi connectivity index (χ3v) is 13.4. The highest BCUT2D eigenvalue weighted by Crippen LogP contribution is 2.40. The van der Waals surface area contributed by atoms with Gasteiger partial charge in [-0.15, -0.1) is 21.5 Å². The molecule has 63 heavy (non-hydrogen) atoms. The molecule has 1 amide bonds. The van der Waals surface area contributed by atoms with E-state index in [0.717, 1.165) is 44.4 Å². The normalized spacial score (nSPS) is 13.5. The number of ether oxygens (including phenoxy) is 2. The Bertz CT molecular complexity index is 3050. The topological polar surface area (TPSA) is 175 Å². The number of halogens is 3. The van der Waals surface area contributed by atoms with Gasteiger partial charge in [-0.25, -0.2) is 32.2 Å². The molecule has 14 nitrogen and oxygen atoms in total. The van der Waals surface area contributed by atoms with E-state index in [0.29, 0.717) is 75.6 Å². The molecule has 0 spiro atoms. The highest BCUT2D eigenvalue weighted by molar-refractivity contribution is 7.92. The lowest BCUT2D eigenvalue weighted by atomic mass is 9.99. The number of hydrogen-bond donors (Lipinski definition) is 2. The van der Waals surface area contributed by atoms with Crippen LogP contribution in [0.25, 0.3) is 27.0 Å². The minimum atomic E-state index is -4.51. The molecule has 5 heterocycles. The van der Waals surface area contributed by atoms with Crippen molar-refractivity contribution in [2.45, 2.75) is 57.9 Å². The number of methoxy groups -OCH3 is 1. The maximum atomic E-state index is 14.5. The number of carbonyl (C=O) groups is 1. The lowest BCUT2D eigenvalue weighted by Gasteiger charge is -2.15. The van der Waals surface area contributed by atoms with Crippen LogP contribution in [0.1, 0.15) is 64.2 Å². The highest BCUT2D eigenvalue weighted by atomic mass is 35.5. The van der Waals surface area contributed by atoms with Crippen molar-refractivity contribution in [2.24, 2.45) is 4.99 Å². The summed E-state index contributed by atoms with van der Waals surface area (Å²) in [5.41, 5.74) is 5.99. The number of thiophene rings is 1. The average molecular weight is 912 g/mol. The van der Waals surface area contributed by atoms with Gasteiger partial charge in [-0.05, 0) is 94.1 Å². The zero-order valence-electron chi connectivity index (χ0n) is 34.7. The Labute approximate surface area is 370 Å². The third kappa shape index (κ3) is 8.83. The summed E-state index contributed by atoms with van der Waals surface area (Å²) in [7, 11) is -3.20. The first-order valence-corrected chi connectivity index (χ1v) is 22.4. The number of rotatable bonds is 14. The summed E-state index contributed by atoms with van der Waals surface area (Å²) in [5, 5.41) is 14.2. The van der Waals surface area contributed by atoms with Gasteiger partial charge in [0.2, 0.25) is 11.8 Å². The summed E-state index contributed by atoms with van der Waals surface area (Å²) < 4.78 is 70.4. The molecule has 3 aromatic carbocycles. The van der Waals surface area contributed by atoms with E-state index in [-0.39, 0.29) is 30.5 Å². The lowest BCUT2D eigenvalue weighted by Crippen LogP contribution is -2.26. The Kier molecular flexibility index (Phi) is 12.2. The van der Waals surface area contributed by atoms with Gasteiger partial charge in [0.25, 0.3) is 10.0 Å². The van der Waals surface area contributed by atoms with Gasteiger partial charge in [-0.2, -0.15) is 0 Å². The van der Waals surface area contributed by atoms with E-state index in [4.69, 9.17) is 26.1 Å². The first-order valence-electron chi connectivity index (χ1n) is 19.8. The van der Waals surface area contributed by atoms with Gasteiger partial charge < -0.3 is 14.8 Å². The number of nitrogens with zero attached hydrogens (tertiary/aromatic N) is 7. The standard InChI is InChI=1S/C44H40ClF2N9O5S2/c1-23-25(3)62-44-39(23)40(27-8-10-30(45)11-9-27)52-34(42-54-53-26(4)56(42)44)20-38(57)48-14-6-7-15-61-36-18-28(16-32-24(2)50-22-51-41(32)36)29-17-35(43(60-5)49-21-29)55-63(58,59)37-13-12-31(46)19-33(37)47/h8-13,16-19,21-22,34,55H,6-7,14-15,20H2,1-5H3,(H,48,57)/t34-/m0/s1. The molecule has 1 atom stereocenters. The quantitative estimate of drug-likeness (QED) is 0.101. The second-order valence-corrected chi connectivity index (χ2v) is 18.1. The van der Waals surface area contributed by atoms with Crippen LogP contribution in [-0.4, -0.2) is 70.0 Å². The van der Waals surface area contributed by atoms with E-state index in [1.807, 2.05) is 48.7 Å². The predicted octanol–water partition coefficient (Wildman–Crippen LogP) is 8.57. The second-order valence-electron chi connectivity index (χ2n) is 14.8. The van der Waals surface area contributed by atoms with Crippen LogP contribution in [0.5, 0.6) is 11.6 Å². The number of benzene rings is 3. The van der Waals surface area contributed by atoms with Crippen LogP contribution < -0.4 is 19.5 Å². The zero-order valence-corrected chi connectivity index (χ0v) is 37.1. The van der Waals surface area contributed by atoms with Crippen LogP contribution >= 0.6 is 22.9 Å². The molecule has 7 aromatic rings. The van der Waals surface area contributed by atoms with Crippen LogP contribution in [0.2, 0.25) is 5.02 Å². The fraction of sp³-hybridized carbons (Fsp3) is 0.250. The summed E-state index contributed by atoms with van der Waals surface area (Å²) in [5.74, 6) is -0.673. The van der Waals surface area contributed by atoms with Crippen molar-refractivity contribution < 1.29 is 31.5 Å². The molecule has 19 heteroatoms. The molecule has 0 fully saturated rings. The number of sulfonamides is 1. The van der Waals surface area contributed by atoms with Crippen LogP contribution in [0.3, 0.4) is 0 Å².